The van der Waals surface area contributed by atoms with E-state index < -0.39 is 0 Å². The van der Waals surface area contributed by atoms with Crippen LogP contribution in [0.3, 0.4) is 0 Å². The van der Waals surface area contributed by atoms with Gasteiger partial charge in [0.15, 0.2) is 5.82 Å². The molecule has 1 amide bonds. The lowest BCUT2D eigenvalue weighted by Gasteiger charge is -2.35. The van der Waals surface area contributed by atoms with Gasteiger partial charge in [-0.1, -0.05) is 11.6 Å². The van der Waals surface area contributed by atoms with Crippen LogP contribution in [-0.2, 0) is 0 Å². The number of benzene rings is 1. The van der Waals surface area contributed by atoms with Crippen LogP contribution in [0.25, 0.3) is 11.3 Å². The average molecular weight is 410 g/mol. The lowest BCUT2D eigenvalue weighted by atomic mass is 10.1. The van der Waals surface area contributed by atoms with Crippen LogP contribution in [0.4, 0.5) is 5.82 Å². The molecule has 1 fully saturated rings. The molecule has 0 radical (unpaired) electrons. The lowest BCUT2D eigenvalue weighted by Crippen LogP contribution is -2.49. The first kappa shape index (κ1) is 19.1. The highest BCUT2D eigenvalue weighted by Crippen LogP contribution is 2.25. The Morgan fingerprint density at radius 1 is 1.07 bits per heavy atom. The topological polar surface area (TPSA) is 71.5 Å². The van der Waals surface area contributed by atoms with Crippen LogP contribution in [0.1, 0.15) is 10.4 Å². The largest absolute Gasteiger partial charge is 0.496 e. The van der Waals surface area contributed by atoms with E-state index in [2.05, 4.69) is 20.1 Å². The Bertz CT molecular complexity index is 990. The molecule has 2 aromatic heterocycles. The average Bonchev–Trinajstić information content (AvgIpc) is 2.79. The van der Waals surface area contributed by atoms with Gasteiger partial charge in [-0.25, -0.2) is 0 Å². The Balaban J connectivity index is 1.42. The number of hydrogen-bond acceptors (Lipinski definition) is 6. The molecule has 0 aliphatic carbocycles. The molecule has 0 unspecified atom stereocenters. The quantitative estimate of drug-likeness (QED) is 0.659. The van der Waals surface area contributed by atoms with Crippen LogP contribution in [0.15, 0.2) is 54.9 Å². The van der Waals surface area contributed by atoms with Gasteiger partial charge >= 0.3 is 0 Å². The number of carbonyl (C=O) groups is 1. The summed E-state index contributed by atoms with van der Waals surface area (Å²) in [5, 5.41) is 9.18. The van der Waals surface area contributed by atoms with Crippen LogP contribution >= 0.6 is 11.6 Å². The van der Waals surface area contributed by atoms with E-state index in [-0.39, 0.29) is 5.91 Å². The third-order valence-electron chi connectivity index (χ3n) is 4.89. The fourth-order valence-corrected chi connectivity index (χ4v) is 3.49. The number of hydrogen-bond donors (Lipinski definition) is 0. The molecule has 7 nitrogen and oxygen atoms in total. The second-order valence-electron chi connectivity index (χ2n) is 6.64. The van der Waals surface area contributed by atoms with Crippen molar-refractivity contribution in [3.63, 3.8) is 0 Å². The van der Waals surface area contributed by atoms with Gasteiger partial charge in [0.1, 0.15) is 5.75 Å². The van der Waals surface area contributed by atoms with Gasteiger partial charge in [-0.15, -0.1) is 10.2 Å². The van der Waals surface area contributed by atoms with Crippen molar-refractivity contribution in [1.29, 1.82) is 0 Å². The number of ether oxygens (including phenoxy) is 1. The summed E-state index contributed by atoms with van der Waals surface area (Å²) in [6.45, 7) is 2.52. The van der Waals surface area contributed by atoms with Gasteiger partial charge < -0.3 is 14.5 Å². The number of pyridine rings is 1. The Morgan fingerprint density at radius 3 is 2.55 bits per heavy atom. The van der Waals surface area contributed by atoms with Gasteiger partial charge in [0, 0.05) is 49.2 Å². The summed E-state index contributed by atoms with van der Waals surface area (Å²) >= 11 is 6.06. The molecular formula is C21H20ClN5O2. The summed E-state index contributed by atoms with van der Waals surface area (Å²) in [5.41, 5.74) is 2.19. The maximum absolute atomic E-state index is 12.9. The number of piperazine rings is 1. The number of halogens is 1. The Kier molecular flexibility index (Phi) is 5.57. The van der Waals surface area contributed by atoms with Crippen molar-refractivity contribution in [3.8, 4) is 17.0 Å². The number of anilines is 1. The van der Waals surface area contributed by atoms with Gasteiger partial charge in [0.05, 0.1) is 18.4 Å². The van der Waals surface area contributed by atoms with Crippen molar-refractivity contribution in [1.82, 2.24) is 20.1 Å². The molecule has 1 aromatic carbocycles. The summed E-state index contributed by atoms with van der Waals surface area (Å²) in [5.74, 6) is 1.24. The van der Waals surface area contributed by atoms with Crippen molar-refractivity contribution in [2.45, 2.75) is 0 Å². The van der Waals surface area contributed by atoms with Crippen LogP contribution in [0.2, 0.25) is 5.02 Å². The third kappa shape index (κ3) is 4.14. The first-order valence-electron chi connectivity index (χ1n) is 9.27. The van der Waals surface area contributed by atoms with E-state index in [0.717, 1.165) is 17.1 Å². The number of amides is 1. The zero-order chi connectivity index (χ0) is 20.2. The molecular weight excluding hydrogens is 390 g/mol. The summed E-state index contributed by atoms with van der Waals surface area (Å²) in [6.07, 6.45) is 3.49. The highest BCUT2D eigenvalue weighted by Gasteiger charge is 2.25. The molecule has 3 aromatic rings. The zero-order valence-corrected chi connectivity index (χ0v) is 16.7. The fraction of sp³-hybridized carbons (Fsp3) is 0.238. The molecule has 0 saturated carbocycles. The van der Waals surface area contributed by atoms with Gasteiger partial charge in [-0.2, -0.15) is 0 Å². The first-order chi connectivity index (χ1) is 14.2. The molecule has 0 N–H and O–H groups in total. The van der Waals surface area contributed by atoms with E-state index in [0.29, 0.717) is 42.5 Å². The van der Waals surface area contributed by atoms with E-state index >= 15 is 0 Å². The monoisotopic (exact) mass is 409 g/mol. The highest BCUT2D eigenvalue weighted by atomic mass is 35.5. The predicted octanol–water partition coefficient (Wildman–Crippen LogP) is 3.16. The van der Waals surface area contributed by atoms with Crippen molar-refractivity contribution in [2.75, 3.05) is 38.2 Å². The number of methoxy groups -OCH3 is 1. The molecule has 0 bridgehead atoms. The Labute approximate surface area is 173 Å². The predicted molar refractivity (Wildman–Crippen MR) is 111 cm³/mol. The minimum Gasteiger partial charge on any atom is -0.496 e. The maximum Gasteiger partial charge on any atom is 0.257 e. The zero-order valence-electron chi connectivity index (χ0n) is 16.0. The summed E-state index contributed by atoms with van der Waals surface area (Å²) < 4.78 is 5.31. The minimum absolute atomic E-state index is 0.0815. The highest BCUT2D eigenvalue weighted by molar-refractivity contribution is 6.31. The first-order valence-corrected chi connectivity index (χ1v) is 9.65. The minimum atomic E-state index is -0.0815. The van der Waals surface area contributed by atoms with E-state index in [4.69, 9.17) is 16.3 Å². The maximum atomic E-state index is 12.9. The summed E-state index contributed by atoms with van der Waals surface area (Å²) in [7, 11) is 1.55. The normalized spacial score (nSPS) is 14.0. The van der Waals surface area contributed by atoms with E-state index in [1.165, 1.54) is 0 Å². The Morgan fingerprint density at radius 2 is 1.90 bits per heavy atom. The molecule has 3 heterocycles. The third-order valence-corrected chi connectivity index (χ3v) is 5.13. The van der Waals surface area contributed by atoms with Crippen molar-refractivity contribution >= 4 is 23.3 Å². The molecule has 1 saturated heterocycles. The Hall–Kier alpha value is -3.19. The lowest BCUT2D eigenvalue weighted by molar-refractivity contribution is 0.0743. The summed E-state index contributed by atoms with van der Waals surface area (Å²) in [6, 6.07) is 12.8. The number of rotatable bonds is 4. The van der Waals surface area contributed by atoms with Gasteiger partial charge in [0.25, 0.3) is 5.91 Å². The fourth-order valence-electron chi connectivity index (χ4n) is 3.32. The van der Waals surface area contributed by atoms with Crippen LogP contribution in [0.5, 0.6) is 5.75 Å². The van der Waals surface area contributed by atoms with E-state index in [9.17, 15) is 4.79 Å². The molecule has 148 valence electrons. The van der Waals surface area contributed by atoms with Crippen molar-refractivity contribution in [3.05, 3.63) is 65.4 Å². The smallest absolute Gasteiger partial charge is 0.257 e. The molecule has 1 aliphatic heterocycles. The van der Waals surface area contributed by atoms with E-state index in [1.54, 1.807) is 37.7 Å². The molecule has 4 rings (SSSR count). The van der Waals surface area contributed by atoms with Crippen molar-refractivity contribution in [2.24, 2.45) is 0 Å². The van der Waals surface area contributed by atoms with Crippen LogP contribution in [-0.4, -0.2) is 59.3 Å². The molecule has 1 aliphatic rings. The molecule has 8 heteroatoms. The van der Waals surface area contributed by atoms with Gasteiger partial charge in [-0.05, 0) is 42.5 Å². The molecule has 0 spiro atoms. The number of nitrogens with zero attached hydrogens (tertiary/aromatic N) is 5. The van der Waals surface area contributed by atoms with Gasteiger partial charge in [-0.3, -0.25) is 9.78 Å². The standard InChI is InChI=1S/C21H20ClN5O2/c1-29-19-6-4-16(22)13-17(19)21(28)27-11-9-26(10-12-27)20-7-5-18(24-25-20)15-3-2-8-23-14-15/h2-8,13-14H,9-12H2,1H3. The second-order valence-corrected chi connectivity index (χ2v) is 7.08. The van der Waals surface area contributed by atoms with E-state index in [1.807, 2.05) is 29.2 Å². The number of carbonyl (C=O) groups excluding carboxylic acids is 1. The second kappa shape index (κ2) is 8.45. The summed E-state index contributed by atoms with van der Waals surface area (Å²) in [4.78, 5) is 21.0. The van der Waals surface area contributed by atoms with Gasteiger partial charge in [0.2, 0.25) is 0 Å². The van der Waals surface area contributed by atoms with Crippen LogP contribution in [0, 0.1) is 0 Å². The van der Waals surface area contributed by atoms with Crippen molar-refractivity contribution < 1.29 is 9.53 Å². The van der Waals surface area contributed by atoms with Crippen LogP contribution < -0.4 is 9.64 Å². The SMILES string of the molecule is COc1ccc(Cl)cc1C(=O)N1CCN(c2ccc(-c3cccnc3)nn2)CC1. The molecule has 0 atom stereocenters. The number of aromatic nitrogens is 3. The molecule has 29 heavy (non-hydrogen) atoms.